The Labute approximate surface area is 222 Å². The van der Waals surface area contributed by atoms with E-state index in [-0.39, 0.29) is 28.2 Å². The molecule has 200 valence electrons. The van der Waals surface area contributed by atoms with Crippen LogP contribution in [-0.4, -0.2) is 57.4 Å². The van der Waals surface area contributed by atoms with Crippen LogP contribution < -0.4 is 0 Å². The molecule has 6 rings (SSSR count). The van der Waals surface area contributed by atoms with Gasteiger partial charge in [0.1, 0.15) is 5.01 Å². The van der Waals surface area contributed by atoms with Crippen LogP contribution in [0, 0.1) is 0 Å². The number of amides is 4. The Morgan fingerprint density at radius 2 is 1.77 bits per heavy atom. The summed E-state index contributed by atoms with van der Waals surface area (Å²) in [5.74, 6) is -3.10. The summed E-state index contributed by atoms with van der Waals surface area (Å²) in [6, 6.07) is 9.22. The van der Waals surface area contributed by atoms with Crippen LogP contribution in [0.4, 0.5) is 13.2 Å². The molecule has 9 nitrogen and oxygen atoms in total. The Balaban J connectivity index is 1.39. The standard InChI is InChI=1S/C26H19F3N4O5S/c27-26(28,29)14-5-6-19-18(11-14)30-20(39-19)13-32-22(35)16-3-1-2-4-17(16)25(23(32)36)12-21(34)33(24(25)37)31-15-7-9-38-10-8-15/h1-6,11H,7-10,12-13H2. The lowest BCUT2D eigenvalue weighted by Crippen LogP contribution is -2.57. The number of aromatic nitrogens is 1. The molecule has 3 aromatic rings. The van der Waals surface area contributed by atoms with Gasteiger partial charge in [-0.3, -0.25) is 24.1 Å². The summed E-state index contributed by atoms with van der Waals surface area (Å²) in [4.78, 5) is 59.4. The minimum Gasteiger partial charge on any atom is -0.381 e. The first kappa shape index (κ1) is 25.3. The minimum absolute atomic E-state index is 0.0717. The Morgan fingerprint density at radius 3 is 2.51 bits per heavy atom. The maximum atomic E-state index is 14.0. The normalized spacial score (nSPS) is 21.9. The van der Waals surface area contributed by atoms with E-state index in [1.807, 2.05) is 0 Å². The number of rotatable bonds is 3. The first-order chi connectivity index (χ1) is 18.6. The maximum Gasteiger partial charge on any atom is 0.416 e. The third kappa shape index (κ3) is 4.03. The lowest BCUT2D eigenvalue weighted by molar-refractivity contribution is -0.146. The summed E-state index contributed by atoms with van der Waals surface area (Å²) in [5.41, 5.74) is -1.98. The van der Waals surface area contributed by atoms with Gasteiger partial charge in [-0.1, -0.05) is 18.2 Å². The van der Waals surface area contributed by atoms with Crippen LogP contribution in [-0.2, 0) is 37.3 Å². The van der Waals surface area contributed by atoms with E-state index >= 15 is 0 Å². The van der Waals surface area contributed by atoms with E-state index < -0.39 is 47.2 Å². The molecule has 4 heterocycles. The summed E-state index contributed by atoms with van der Waals surface area (Å²) >= 11 is 1.03. The molecule has 0 aliphatic carbocycles. The molecule has 0 saturated carbocycles. The van der Waals surface area contributed by atoms with Crippen LogP contribution in [0.2, 0.25) is 0 Å². The van der Waals surface area contributed by atoms with E-state index in [4.69, 9.17) is 4.74 Å². The van der Waals surface area contributed by atoms with E-state index in [1.54, 1.807) is 12.1 Å². The molecule has 39 heavy (non-hydrogen) atoms. The van der Waals surface area contributed by atoms with Gasteiger partial charge in [-0.25, -0.2) is 4.98 Å². The average Bonchev–Trinajstić information content (AvgIpc) is 3.44. The van der Waals surface area contributed by atoms with Crippen molar-refractivity contribution in [3.63, 3.8) is 0 Å². The number of nitrogens with zero attached hydrogens (tertiary/aromatic N) is 4. The zero-order chi connectivity index (χ0) is 27.5. The summed E-state index contributed by atoms with van der Waals surface area (Å²) in [6.45, 7) is 0.426. The number of benzene rings is 2. The Hall–Kier alpha value is -3.97. The van der Waals surface area contributed by atoms with Crippen molar-refractivity contribution in [2.75, 3.05) is 13.2 Å². The number of carbonyl (C=O) groups is 4. The van der Waals surface area contributed by atoms with Crippen LogP contribution in [0.25, 0.3) is 10.2 Å². The molecule has 1 atom stereocenters. The van der Waals surface area contributed by atoms with Gasteiger partial charge < -0.3 is 4.74 Å². The van der Waals surface area contributed by atoms with Crippen molar-refractivity contribution in [2.24, 2.45) is 5.10 Å². The lowest BCUT2D eigenvalue weighted by Gasteiger charge is -2.37. The molecule has 4 amide bonds. The van der Waals surface area contributed by atoms with Crippen molar-refractivity contribution >= 4 is 50.9 Å². The van der Waals surface area contributed by atoms with Crippen LogP contribution >= 0.6 is 11.3 Å². The first-order valence-electron chi connectivity index (χ1n) is 12.0. The van der Waals surface area contributed by atoms with Crippen molar-refractivity contribution < 1.29 is 37.1 Å². The third-order valence-electron chi connectivity index (χ3n) is 7.05. The van der Waals surface area contributed by atoms with E-state index in [0.717, 1.165) is 33.4 Å². The number of alkyl halides is 3. The van der Waals surface area contributed by atoms with Crippen LogP contribution in [0.1, 0.15) is 45.8 Å². The predicted molar refractivity (Wildman–Crippen MR) is 132 cm³/mol. The monoisotopic (exact) mass is 556 g/mol. The number of imide groups is 2. The highest BCUT2D eigenvalue weighted by Gasteiger charge is 2.63. The van der Waals surface area contributed by atoms with E-state index in [0.29, 0.717) is 36.5 Å². The Kier molecular flexibility index (Phi) is 5.88. The molecule has 0 N–H and O–H groups in total. The highest BCUT2D eigenvalue weighted by Crippen LogP contribution is 2.44. The fourth-order valence-electron chi connectivity index (χ4n) is 5.12. The molecule has 2 saturated heterocycles. The molecule has 2 aromatic carbocycles. The van der Waals surface area contributed by atoms with Gasteiger partial charge in [-0.15, -0.1) is 11.3 Å². The van der Waals surface area contributed by atoms with Gasteiger partial charge in [0.05, 0.1) is 42.0 Å². The molecule has 0 bridgehead atoms. The summed E-state index contributed by atoms with van der Waals surface area (Å²) in [6.07, 6.45) is -4.19. The van der Waals surface area contributed by atoms with E-state index in [1.165, 1.54) is 18.2 Å². The SMILES string of the molecule is O=C1c2ccccc2C2(CC(=O)N(N=C3CCOCC3)C2=O)C(=O)N1Cc1nc2cc(C(F)(F)F)ccc2s1. The lowest BCUT2D eigenvalue weighted by atomic mass is 9.72. The fourth-order valence-corrected chi connectivity index (χ4v) is 6.06. The van der Waals surface area contributed by atoms with Crippen molar-refractivity contribution in [2.45, 2.75) is 37.4 Å². The van der Waals surface area contributed by atoms with Gasteiger partial charge in [0.2, 0.25) is 0 Å². The fraction of sp³-hybridized carbons (Fsp3) is 0.308. The van der Waals surface area contributed by atoms with Gasteiger partial charge in [0.25, 0.3) is 23.6 Å². The molecule has 1 aromatic heterocycles. The van der Waals surface area contributed by atoms with Gasteiger partial charge in [-0.2, -0.15) is 23.3 Å². The topological polar surface area (TPSA) is 109 Å². The maximum absolute atomic E-state index is 14.0. The van der Waals surface area contributed by atoms with Crippen molar-refractivity contribution in [1.82, 2.24) is 14.9 Å². The minimum atomic E-state index is -4.55. The number of halogens is 3. The van der Waals surface area contributed by atoms with Crippen LogP contribution in [0.15, 0.2) is 47.6 Å². The molecular formula is C26H19F3N4O5S. The van der Waals surface area contributed by atoms with Crippen molar-refractivity contribution in [3.05, 3.63) is 64.2 Å². The summed E-state index contributed by atoms with van der Waals surface area (Å²) in [5, 5.41) is 5.18. The number of ether oxygens (including phenoxy) is 1. The van der Waals surface area contributed by atoms with Crippen LogP contribution in [0.5, 0.6) is 0 Å². The second kappa shape index (κ2) is 9.06. The van der Waals surface area contributed by atoms with E-state index in [2.05, 4.69) is 10.1 Å². The number of fused-ring (bicyclic) bond motifs is 3. The molecule has 1 spiro atoms. The molecule has 3 aliphatic rings. The Morgan fingerprint density at radius 1 is 1.03 bits per heavy atom. The average molecular weight is 557 g/mol. The highest BCUT2D eigenvalue weighted by molar-refractivity contribution is 7.18. The van der Waals surface area contributed by atoms with Gasteiger partial charge in [0, 0.05) is 24.1 Å². The molecular weight excluding hydrogens is 537 g/mol. The second-order valence-corrected chi connectivity index (χ2v) is 10.5. The zero-order valence-electron chi connectivity index (χ0n) is 20.2. The molecule has 1 unspecified atom stereocenters. The second-order valence-electron chi connectivity index (χ2n) is 9.40. The third-order valence-corrected chi connectivity index (χ3v) is 8.07. The summed E-state index contributed by atoms with van der Waals surface area (Å²) < 4.78 is 45.2. The number of hydrogen-bond donors (Lipinski definition) is 0. The number of thiazole rings is 1. The zero-order valence-corrected chi connectivity index (χ0v) is 21.0. The largest absolute Gasteiger partial charge is 0.416 e. The molecule has 0 radical (unpaired) electrons. The quantitative estimate of drug-likeness (QED) is 0.360. The van der Waals surface area contributed by atoms with Gasteiger partial charge in [0.15, 0.2) is 5.41 Å². The van der Waals surface area contributed by atoms with Crippen LogP contribution in [0.3, 0.4) is 0 Å². The summed E-state index contributed by atoms with van der Waals surface area (Å²) in [7, 11) is 0. The number of hydrazone groups is 1. The smallest absolute Gasteiger partial charge is 0.381 e. The first-order valence-corrected chi connectivity index (χ1v) is 12.9. The number of hydrogen-bond acceptors (Lipinski definition) is 8. The molecule has 2 fully saturated rings. The van der Waals surface area contributed by atoms with Gasteiger partial charge in [-0.05, 0) is 29.8 Å². The predicted octanol–water partition coefficient (Wildman–Crippen LogP) is 3.66. The van der Waals surface area contributed by atoms with Crippen molar-refractivity contribution in [1.29, 1.82) is 0 Å². The molecule has 3 aliphatic heterocycles. The number of carbonyl (C=O) groups excluding carboxylic acids is 4. The van der Waals surface area contributed by atoms with Gasteiger partial charge >= 0.3 is 6.18 Å². The molecule has 13 heteroatoms. The Bertz CT molecular complexity index is 1590. The highest BCUT2D eigenvalue weighted by atomic mass is 32.1. The van der Waals surface area contributed by atoms with Crippen molar-refractivity contribution in [3.8, 4) is 0 Å². The van der Waals surface area contributed by atoms with E-state index in [9.17, 15) is 32.3 Å².